The van der Waals surface area contributed by atoms with E-state index in [-0.39, 0.29) is 0 Å². The average molecular weight is 577 g/mol. The van der Waals surface area contributed by atoms with E-state index in [4.69, 9.17) is 6.42 Å². The first-order valence-corrected chi connectivity index (χ1v) is 15.7. The maximum atomic E-state index is 5.77. The molecule has 0 fully saturated rings. The predicted octanol–water partition coefficient (Wildman–Crippen LogP) is 10.1. The quantitative estimate of drug-likeness (QED) is 0.146. The number of fused-ring (bicyclic) bond motifs is 6. The Morgan fingerprint density at radius 1 is 0.622 bits per heavy atom. The largest absolute Gasteiger partial charge is 0.312 e. The van der Waals surface area contributed by atoms with Gasteiger partial charge in [0.15, 0.2) is 0 Å². The molecule has 2 aliphatic carbocycles. The van der Waals surface area contributed by atoms with Crippen LogP contribution in [0.4, 0.5) is 0 Å². The third-order valence-corrected chi connectivity index (χ3v) is 9.29. The Bertz CT molecular complexity index is 2350. The molecule has 45 heavy (non-hydrogen) atoms. The fourth-order valence-electron chi connectivity index (χ4n) is 7.36. The predicted molar refractivity (Wildman–Crippen MR) is 190 cm³/mol. The van der Waals surface area contributed by atoms with Gasteiger partial charge >= 0.3 is 0 Å². The molecular weight excluding hydrogens is 544 g/mol. The molecule has 2 heteroatoms. The summed E-state index contributed by atoms with van der Waals surface area (Å²) in [5.41, 5.74) is 14.3. The monoisotopic (exact) mass is 576 g/mol. The number of hydrogen-bond acceptors (Lipinski definition) is 0. The minimum atomic E-state index is 0.944. The van der Waals surface area contributed by atoms with E-state index in [1.165, 1.54) is 44.3 Å². The zero-order valence-corrected chi connectivity index (χ0v) is 25.3. The van der Waals surface area contributed by atoms with E-state index in [9.17, 15) is 0 Å². The number of nitrogens with zero attached hydrogens (tertiary/aromatic N) is 2. The highest BCUT2D eigenvalue weighted by Gasteiger charge is 2.23. The van der Waals surface area contributed by atoms with Gasteiger partial charge in [-0.15, -0.1) is 6.42 Å². The molecule has 2 nitrogen and oxygen atoms in total. The molecule has 0 N–H and O–H groups in total. The minimum Gasteiger partial charge on any atom is -0.312 e. The SMILES string of the molecule is C#CC#C/C(=C(\C)c1ccccc1-n1c2c(c3ccccc31)C=CCC2)c1ccccc1-n1c2c(c3ccccc31)C=CCC2. The van der Waals surface area contributed by atoms with Gasteiger partial charge in [0, 0.05) is 50.0 Å². The Labute approximate surface area is 264 Å². The lowest BCUT2D eigenvalue weighted by atomic mass is 9.93. The highest BCUT2D eigenvalue weighted by Crippen LogP contribution is 2.40. The molecule has 6 aromatic rings. The Morgan fingerprint density at radius 2 is 1.11 bits per heavy atom. The second-order valence-corrected chi connectivity index (χ2v) is 11.7. The first-order valence-electron chi connectivity index (χ1n) is 15.7. The van der Waals surface area contributed by atoms with Crippen molar-refractivity contribution in [2.75, 3.05) is 0 Å². The number of benzene rings is 4. The topological polar surface area (TPSA) is 9.86 Å². The van der Waals surface area contributed by atoms with E-state index in [1.807, 2.05) is 0 Å². The second-order valence-electron chi connectivity index (χ2n) is 11.7. The minimum absolute atomic E-state index is 0.944. The van der Waals surface area contributed by atoms with Crippen molar-refractivity contribution in [3.63, 3.8) is 0 Å². The summed E-state index contributed by atoms with van der Waals surface area (Å²) >= 11 is 0. The van der Waals surface area contributed by atoms with Crippen LogP contribution in [-0.2, 0) is 12.8 Å². The molecule has 0 radical (unpaired) electrons. The van der Waals surface area contributed by atoms with Crippen LogP contribution in [0.1, 0.15) is 53.4 Å². The molecule has 0 unspecified atom stereocenters. The summed E-state index contributed by atoms with van der Waals surface area (Å²) in [5, 5.41) is 2.56. The van der Waals surface area contributed by atoms with E-state index in [2.05, 4.69) is 155 Å². The van der Waals surface area contributed by atoms with Gasteiger partial charge in [-0.25, -0.2) is 0 Å². The molecule has 0 aliphatic heterocycles. The number of aromatic nitrogens is 2. The van der Waals surface area contributed by atoms with Crippen molar-refractivity contribution in [2.45, 2.75) is 32.6 Å². The molecule has 214 valence electrons. The Kier molecular flexibility index (Phi) is 6.63. The Balaban J connectivity index is 1.40. The summed E-state index contributed by atoms with van der Waals surface area (Å²) in [6.45, 7) is 2.19. The normalized spacial score (nSPS) is 14.0. The number of terminal acetylenes is 1. The molecule has 0 bridgehead atoms. The molecule has 0 spiro atoms. The highest BCUT2D eigenvalue weighted by molar-refractivity contribution is 6.03. The van der Waals surface area contributed by atoms with Gasteiger partial charge in [-0.1, -0.05) is 103 Å². The van der Waals surface area contributed by atoms with Crippen LogP contribution in [0.25, 0.3) is 56.5 Å². The van der Waals surface area contributed by atoms with Gasteiger partial charge in [0.2, 0.25) is 0 Å². The van der Waals surface area contributed by atoms with E-state index in [0.717, 1.165) is 59.3 Å². The lowest BCUT2D eigenvalue weighted by Crippen LogP contribution is -2.07. The molecule has 2 heterocycles. The van der Waals surface area contributed by atoms with Gasteiger partial charge in [0.25, 0.3) is 0 Å². The standard InChI is InChI=1S/C43H32N2/c1-3-4-17-31(33-19-6-12-25-39(33)45-42-28-15-9-22-36(42)37-23-10-16-29-43(37)45)30(2)32-18-5-11-24-38(32)44-40-26-13-7-20-34(40)35-21-8-14-27-41(35)44/h1,5-13,15,18-26,28H,14,16,27,29H2,2H3/b31-30-. The molecular formula is C43H32N2. The Morgan fingerprint density at radius 3 is 1.69 bits per heavy atom. The van der Waals surface area contributed by atoms with Gasteiger partial charge in [0.05, 0.1) is 22.4 Å². The highest BCUT2D eigenvalue weighted by atomic mass is 15.0. The average Bonchev–Trinajstić information content (AvgIpc) is 3.62. The number of allylic oxidation sites excluding steroid dienone is 4. The maximum absolute atomic E-state index is 5.77. The number of para-hydroxylation sites is 4. The van der Waals surface area contributed by atoms with Crippen molar-refractivity contribution < 1.29 is 0 Å². The molecule has 2 aliphatic rings. The fourth-order valence-corrected chi connectivity index (χ4v) is 7.36. The van der Waals surface area contributed by atoms with Crippen LogP contribution < -0.4 is 0 Å². The lowest BCUT2D eigenvalue weighted by Gasteiger charge is -2.20. The van der Waals surface area contributed by atoms with Crippen molar-refractivity contribution in [2.24, 2.45) is 0 Å². The molecule has 2 aromatic heterocycles. The second kappa shape index (κ2) is 11.1. The van der Waals surface area contributed by atoms with Crippen LogP contribution in [0.5, 0.6) is 0 Å². The van der Waals surface area contributed by atoms with Crippen LogP contribution in [0.2, 0.25) is 0 Å². The Hall–Kier alpha value is -5.70. The summed E-state index contributed by atoms with van der Waals surface area (Å²) in [6.07, 6.45) is 19.0. The van der Waals surface area contributed by atoms with Crippen molar-refractivity contribution in [1.29, 1.82) is 0 Å². The van der Waals surface area contributed by atoms with E-state index in [0.29, 0.717) is 0 Å². The van der Waals surface area contributed by atoms with Crippen LogP contribution in [0.15, 0.2) is 109 Å². The number of hydrogen-bond donors (Lipinski definition) is 0. The van der Waals surface area contributed by atoms with Gasteiger partial charge < -0.3 is 9.13 Å². The lowest BCUT2D eigenvalue weighted by molar-refractivity contribution is 0.886. The van der Waals surface area contributed by atoms with E-state index >= 15 is 0 Å². The van der Waals surface area contributed by atoms with Crippen LogP contribution >= 0.6 is 0 Å². The van der Waals surface area contributed by atoms with Gasteiger partial charge in [-0.2, -0.15) is 0 Å². The summed E-state index contributed by atoms with van der Waals surface area (Å²) in [5.74, 6) is 9.01. The molecule has 0 saturated carbocycles. The fraction of sp³-hybridized carbons (Fsp3) is 0.116. The van der Waals surface area contributed by atoms with Crippen LogP contribution in [0, 0.1) is 24.2 Å². The third kappa shape index (κ3) is 4.30. The van der Waals surface area contributed by atoms with Crippen molar-refractivity contribution in [3.8, 4) is 35.6 Å². The molecule has 0 saturated heterocycles. The van der Waals surface area contributed by atoms with Crippen molar-refractivity contribution in [3.05, 3.63) is 143 Å². The smallest absolute Gasteiger partial charge is 0.0543 e. The molecule has 4 aromatic carbocycles. The van der Waals surface area contributed by atoms with Gasteiger partial charge in [-0.3, -0.25) is 0 Å². The first-order chi connectivity index (χ1) is 22.3. The molecule has 0 amide bonds. The first kappa shape index (κ1) is 26.9. The van der Waals surface area contributed by atoms with Gasteiger partial charge in [0.1, 0.15) is 0 Å². The van der Waals surface area contributed by atoms with E-state index in [1.54, 1.807) is 0 Å². The zero-order chi connectivity index (χ0) is 30.3. The van der Waals surface area contributed by atoms with Crippen molar-refractivity contribution in [1.82, 2.24) is 9.13 Å². The van der Waals surface area contributed by atoms with Gasteiger partial charge in [-0.05, 0) is 74.3 Å². The van der Waals surface area contributed by atoms with Crippen molar-refractivity contribution >= 4 is 45.1 Å². The summed E-state index contributed by atoms with van der Waals surface area (Å²) < 4.78 is 4.91. The summed E-state index contributed by atoms with van der Waals surface area (Å²) in [7, 11) is 0. The third-order valence-electron chi connectivity index (χ3n) is 9.29. The van der Waals surface area contributed by atoms with Crippen LogP contribution in [-0.4, -0.2) is 9.13 Å². The maximum Gasteiger partial charge on any atom is 0.0543 e. The van der Waals surface area contributed by atoms with E-state index < -0.39 is 0 Å². The molecule has 0 atom stereocenters. The molecule has 8 rings (SSSR count). The van der Waals surface area contributed by atoms with Crippen LogP contribution in [0.3, 0.4) is 0 Å². The number of rotatable bonds is 4. The zero-order valence-electron chi connectivity index (χ0n) is 25.3. The summed E-state index contributed by atoms with van der Waals surface area (Å²) in [6, 6.07) is 34.8. The summed E-state index contributed by atoms with van der Waals surface area (Å²) in [4.78, 5) is 0.